The molecule has 3 aromatic rings. The first kappa shape index (κ1) is 23.4. The first-order chi connectivity index (χ1) is 16.1. The van der Waals surface area contributed by atoms with Crippen molar-refractivity contribution in [3.8, 4) is 0 Å². The number of para-hydroxylation sites is 1. The summed E-state index contributed by atoms with van der Waals surface area (Å²) in [6, 6.07) is 4.64. The van der Waals surface area contributed by atoms with E-state index in [-0.39, 0.29) is 17.0 Å². The lowest BCUT2D eigenvalue weighted by Gasteiger charge is -2.16. The molecule has 0 saturated carbocycles. The van der Waals surface area contributed by atoms with Gasteiger partial charge in [-0.15, -0.1) is 0 Å². The number of fused-ring (bicyclic) bond motifs is 1. The van der Waals surface area contributed by atoms with Crippen LogP contribution in [0.15, 0.2) is 41.3 Å². The molecule has 2 unspecified atom stereocenters. The van der Waals surface area contributed by atoms with Crippen LogP contribution in [0.25, 0.3) is 11.2 Å². The summed E-state index contributed by atoms with van der Waals surface area (Å²) in [6.45, 7) is -0.825. The Hall–Kier alpha value is -3.77. The third kappa shape index (κ3) is 4.37. The maximum Gasteiger partial charge on any atom is 0.380 e. The molecule has 1 aromatic carbocycles. The van der Waals surface area contributed by atoms with E-state index in [0.717, 1.165) is 18.5 Å². The summed E-state index contributed by atoms with van der Waals surface area (Å²) in [6.07, 6.45) is -3.30. The molecule has 4 atom stereocenters. The van der Waals surface area contributed by atoms with Crippen LogP contribution in [-0.4, -0.2) is 73.9 Å². The van der Waals surface area contributed by atoms with Crippen molar-refractivity contribution < 1.29 is 37.6 Å². The van der Waals surface area contributed by atoms with Gasteiger partial charge in [0.05, 0.1) is 23.4 Å². The topological polar surface area (TPSA) is 241 Å². The Kier molecular flexibility index (Phi) is 6.11. The molecule has 34 heavy (non-hydrogen) atoms. The zero-order chi connectivity index (χ0) is 24.6. The third-order valence-electron chi connectivity index (χ3n) is 4.91. The van der Waals surface area contributed by atoms with Gasteiger partial charge in [0, 0.05) is 12.0 Å². The standard InChI is InChI=1S/C17H17N7O9S/c18-14-11-15(20-6-19-14)23(7-21-11)17-13(26)12(25)10(33-17)5-32-34(30,31)22-16(27)8-3-1-2-4-9(8)24(28)29/h1-4,6-7,10,12-13,17,25-26H,5H2,(H,22,27)(H2,18,19,20)/p-1/t10?,12-,13-,17?/m1/s1. The first-order valence-electron chi connectivity index (χ1n) is 9.44. The van der Waals surface area contributed by atoms with Crippen LogP contribution in [0.4, 0.5) is 11.5 Å². The molecule has 1 fully saturated rings. The number of ether oxygens (including phenoxy) is 1. The number of hydrogen-bond acceptors (Lipinski definition) is 13. The van der Waals surface area contributed by atoms with Crippen molar-refractivity contribution in [2.75, 3.05) is 12.3 Å². The van der Waals surface area contributed by atoms with Gasteiger partial charge < -0.3 is 25.8 Å². The highest BCUT2D eigenvalue weighted by atomic mass is 32.2. The molecule has 0 aliphatic carbocycles. The van der Waals surface area contributed by atoms with Crippen LogP contribution in [0.1, 0.15) is 11.8 Å². The number of aliphatic hydroxyl groups is 2. The Morgan fingerprint density at radius 3 is 2.74 bits per heavy atom. The van der Waals surface area contributed by atoms with Gasteiger partial charge in [-0.3, -0.25) is 14.7 Å². The predicted octanol–water partition coefficient (Wildman–Crippen LogP) is -2.00. The number of aliphatic hydroxyl groups excluding tert-OH is 2. The normalized spacial score (nSPS) is 23.4. The van der Waals surface area contributed by atoms with Crippen LogP contribution in [0.3, 0.4) is 0 Å². The Balaban J connectivity index is 1.49. The molecule has 1 saturated heterocycles. The van der Waals surface area contributed by atoms with Gasteiger partial charge >= 0.3 is 10.3 Å². The zero-order valence-electron chi connectivity index (χ0n) is 16.9. The van der Waals surface area contributed by atoms with E-state index in [2.05, 4.69) is 23.5 Å². The molecule has 0 bridgehead atoms. The molecule has 180 valence electrons. The van der Waals surface area contributed by atoms with Crippen molar-refractivity contribution >= 4 is 38.9 Å². The minimum absolute atomic E-state index is 0.0766. The lowest BCUT2D eigenvalue weighted by Crippen LogP contribution is -2.34. The molecule has 0 radical (unpaired) electrons. The van der Waals surface area contributed by atoms with Crippen LogP contribution in [0.2, 0.25) is 0 Å². The Bertz CT molecular complexity index is 1380. The summed E-state index contributed by atoms with van der Waals surface area (Å²) in [4.78, 5) is 22.0. The number of rotatable bonds is 7. The molecule has 3 heterocycles. The van der Waals surface area contributed by atoms with Gasteiger partial charge in [0.1, 0.15) is 30.2 Å². The third-order valence-corrected chi connectivity index (χ3v) is 5.73. The molecule has 0 spiro atoms. The number of aromatic nitrogens is 4. The van der Waals surface area contributed by atoms with E-state index < -0.39 is 63.5 Å². The highest BCUT2D eigenvalue weighted by Gasteiger charge is 2.45. The van der Waals surface area contributed by atoms with Crippen molar-refractivity contribution in [2.24, 2.45) is 4.40 Å². The van der Waals surface area contributed by atoms with Gasteiger partial charge in [-0.25, -0.2) is 19.1 Å². The van der Waals surface area contributed by atoms with Crippen LogP contribution >= 0.6 is 0 Å². The molecule has 4 rings (SSSR count). The summed E-state index contributed by atoms with van der Waals surface area (Å²) >= 11 is 0. The molecular formula is C17H16N7O9S-. The summed E-state index contributed by atoms with van der Waals surface area (Å²) in [5.74, 6) is -1.34. The van der Waals surface area contributed by atoms with Crippen LogP contribution in [-0.2, 0) is 19.2 Å². The second-order valence-electron chi connectivity index (χ2n) is 7.01. The average molecular weight is 494 g/mol. The second-order valence-corrected chi connectivity index (χ2v) is 8.29. The Morgan fingerprint density at radius 2 is 2.00 bits per heavy atom. The lowest BCUT2D eigenvalue weighted by atomic mass is 10.1. The predicted molar refractivity (Wildman–Crippen MR) is 110 cm³/mol. The van der Waals surface area contributed by atoms with E-state index in [4.69, 9.17) is 10.5 Å². The van der Waals surface area contributed by atoms with Crippen molar-refractivity contribution in [3.05, 3.63) is 52.6 Å². The monoisotopic (exact) mass is 494 g/mol. The maximum absolute atomic E-state index is 12.2. The Morgan fingerprint density at radius 1 is 1.26 bits per heavy atom. The number of nitrogen functional groups attached to an aromatic ring is 1. The molecule has 4 N–H and O–H groups in total. The van der Waals surface area contributed by atoms with Gasteiger partial charge in [0.2, 0.25) is 0 Å². The highest BCUT2D eigenvalue weighted by Crippen LogP contribution is 2.32. The van der Waals surface area contributed by atoms with Crippen molar-refractivity contribution in [3.63, 3.8) is 0 Å². The molecule has 0 amide bonds. The van der Waals surface area contributed by atoms with Crippen LogP contribution in [0.5, 0.6) is 0 Å². The molecule has 1 aliphatic heterocycles. The van der Waals surface area contributed by atoms with Crippen molar-refractivity contribution in [2.45, 2.75) is 24.5 Å². The molecule has 1 aliphatic rings. The van der Waals surface area contributed by atoms with Crippen molar-refractivity contribution in [1.29, 1.82) is 0 Å². The van der Waals surface area contributed by atoms with Gasteiger partial charge in [-0.2, -0.15) is 12.8 Å². The molecule has 16 nitrogen and oxygen atoms in total. The number of nitro groups is 1. The number of hydrogen-bond donors (Lipinski definition) is 3. The number of nitrogens with zero attached hydrogens (tertiary/aromatic N) is 6. The summed E-state index contributed by atoms with van der Waals surface area (Å²) < 4.78 is 38.6. The number of anilines is 1. The van der Waals surface area contributed by atoms with Gasteiger partial charge in [-0.1, -0.05) is 12.1 Å². The van der Waals surface area contributed by atoms with E-state index >= 15 is 0 Å². The van der Waals surface area contributed by atoms with Gasteiger partial charge in [-0.05, 0) is 6.07 Å². The average Bonchev–Trinajstić information content (AvgIpc) is 3.34. The number of benzene rings is 1. The quantitative estimate of drug-likeness (QED) is 0.139. The maximum atomic E-state index is 12.2. The zero-order valence-corrected chi connectivity index (χ0v) is 17.7. The lowest BCUT2D eigenvalue weighted by molar-refractivity contribution is -0.385. The van der Waals surface area contributed by atoms with E-state index in [1.165, 1.54) is 23.0 Å². The van der Waals surface area contributed by atoms with Gasteiger partial charge in [0.25, 0.3) is 5.69 Å². The minimum Gasteiger partial charge on any atom is -0.857 e. The molecular weight excluding hydrogens is 478 g/mol. The fraction of sp³-hybridized carbons (Fsp3) is 0.294. The van der Waals surface area contributed by atoms with Crippen LogP contribution in [0, 0.1) is 10.1 Å². The highest BCUT2D eigenvalue weighted by molar-refractivity contribution is 7.85. The Labute approximate surface area is 190 Å². The van der Waals surface area contributed by atoms with Crippen molar-refractivity contribution in [1.82, 2.24) is 19.5 Å². The second kappa shape index (κ2) is 8.88. The van der Waals surface area contributed by atoms with E-state index in [1.807, 2.05) is 0 Å². The van der Waals surface area contributed by atoms with E-state index in [0.29, 0.717) is 0 Å². The minimum atomic E-state index is -4.89. The molecule has 17 heteroatoms. The largest absolute Gasteiger partial charge is 0.857 e. The first-order valence-corrected chi connectivity index (χ1v) is 10.8. The van der Waals surface area contributed by atoms with Gasteiger partial charge in [0.15, 0.2) is 17.7 Å². The number of nitrogens with two attached hydrogens (primary N) is 1. The SMILES string of the molecule is Nc1ncnc2c1ncn2C1OC(COS(=O)(=O)/N=C(\[O-])c2ccccc2[N+](=O)[O-])[C@@H](O)[C@H]1O. The summed E-state index contributed by atoms with van der Waals surface area (Å²) in [5, 5.41) is 43.9. The van der Waals surface area contributed by atoms with E-state index in [9.17, 15) is 33.9 Å². The van der Waals surface area contributed by atoms with Crippen LogP contribution < -0.4 is 10.8 Å². The number of imidazole rings is 1. The smallest absolute Gasteiger partial charge is 0.380 e. The summed E-state index contributed by atoms with van der Waals surface area (Å²) in [5.41, 5.74) is 4.95. The summed E-state index contributed by atoms with van der Waals surface area (Å²) in [7, 11) is -4.89. The number of nitro benzene ring substituents is 1. The fourth-order valence-electron chi connectivity index (χ4n) is 3.30. The fourth-order valence-corrected chi connectivity index (χ4v) is 3.96. The van der Waals surface area contributed by atoms with E-state index in [1.54, 1.807) is 0 Å². The molecule has 2 aromatic heterocycles.